The third-order valence-electron chi connectivity index (χ3n) is 7.59. The van der Waals surface area contributed by atoms with Gasteiger partial charge in [0.15, 0.2) is 0 Å². The molecule has 1 amide bonds. The third kappa shape index (κ3) is 4.68. The van der Waals surface area contributed by atoms with E-state index in [0.717, 1.165) is 75.6 Å². The van der Waals surface area contributed by atoms with Gasteiger partial charge in [-0.15, -0.1) is 0 Å². The SMILES string of the molecule is CC(C)c1cn(CCN2CC[C@H](O)C2)c(C2CCN(c3ncnc4c3[C@H](C)CC(=O)N4)CC2)n1. The van der Waals surface area contributed by atoms with Gasteiger partial charge in [0, 0.05) is 63.4 Å². The van der Waals surface area contributed by atoms with Gasteiger partial charge in [0.2, 0.25) is 5.91 Å². The minimum absolute atomic E-state index is 0.0274. The molecule has 2 fully saturated rings. The Hall–Kier alpha value is -2.52. The standard InChI is InChI=1S/C25H37N7O2/c1-16(2)20-14-32(11-10-30-7-6-19(33)13-30)24(28-20)18-4-8-31(9-5-18)25-22-17(3)12-21(34)29-23(22)26-15-27-25/h14-19,33H,4-13H2,1-3H3,(H,26,27,29,34)/t17-,19+/m1/s1. The van der Waals surface area contributed by atoms with Crippen LogP contribution >= 0.6 is 0 Å². The van der Waals surface area contributed by atoms with Crippen LogP contribution in [-0.4, -0.2) is 74.3 Å². The van der Waals surface area contributed by atoms with Crippen molar-refractivity contribution in [2.24, 2.45) is 0 Å². The van der Waals surface area contributed by atoms with Crippen LogP contribution in [-0.2, 0) is 11.3 Å². The summed E-state index contributed by atoms with van der Waals surface area (Å²) in [5.74, 6) is 3.80. The molecule has 0 saturated carbocycles. The molecule has 2 N–H and O–H groups in total. The summed E-state index contributed by atoms with van der Waals surface area (Å²) in [6, 6.07) is 0. The van der Waals surface area contributed by atoms with Gasteiger partial charge in [-0.3, -0.25) is 9.69 Å². The number of aliphatic hydroxyl groups is 1. The number of likely N-dealkylation sites (tertiary alicyclic amines) is 1. The third-order valence-corrected chi connectivity index (χ3v) is 7.59. The first-order chi connectivity index (χ1) is 16.4. The first kappa shape index (κ1) is 23.2. The van der Waals surface area contributed by atoms with Gasteiger partial charge in [-0.2, -0.15) is 0 Å². The number of imidazole rings is 1. The van der Waals surface area contributed by atoms with Gasteiger partial charge in [0.1, 0.15) is 23.8 Å². The molecule has 0 radical (unpaired) electrons. The Morgan fingerprint density at radius 3 is 2.65 bits per heavy atom. The van der Waals surface area contributed by atoms with E-state index in [9.17, 15) is 9.90 Å². The van der Waals surface area contributed by atoms with Gasteiger partial charge in [-0.25, -0.2) is 15.0 Å². The molecule has 2 aromatic rings. The van der Waals surface area contributed by atoms with E-state index in [1.165, 1.54) is 5.82 Å². The number of carbonyl (C=O) groups is 1. The summed E-state index contributed by atoms with van der Waals surface area (Å²) >= 11 is 0. The predicted molar refractivity (Wildman–Crippen MR) is 131 cm³/mol. The lowest BCUT2D eigenvalue weighted by Crippen LogP contribution is -2.36. The van der Waals surface area contributed by atoms with E-state index in [0.29, 0.717) is 24.1 Å². The number of aromatic nitrogens is 4. The average Bonchev–Trinajstić information content (AvgIpc) is 3.43. The predicted octanol–water partition coefficient (Wildman–Crippen LogP) is 2.69. The van der Waals surface area contributed by atoms with E-state index in [1.807, 2.05) is 0 Å². The summed E-state index contributed by atoms with van der Waals surface area (Å²) in [7, 11) is 0. The molecule has 0 spiro atoms. The fourth-order valence-electron chi connectivity index (χ4n) is 5.60. The monoisotopic (exact) mass is 467 g/mol. The quantitative estimate of drug-likeness (QED) is 0.674. The van der Waals surface area contributed by atoms with Crippen molar-refractivity contribution in [1.82, 2.24) is 24.4 Å². The largest absolute Gasteiger partial charge is 0.392 e. The van der Waals surface area contributed by atoms with Crippen LogP contribution in [0.2, 0.25) is 0 Å². The van der Waals surface area contributed by atoms with Gasteiger partial charge < -0.3 is 19.9 Å². The lowest BCUT2D eigenvalue weighted by atomic mass is 9.92. The van der Waals surface area contributed by atoms with Crippen molar-refractivity contribution >= 4 is 17.5 Å². The van der Waals surface area contributed by atoms with Crippen molar-refractivity contribution in [2.45, 2.75) is 76.9 Å². The smallest absolute Gasteiger partial charge is 0.226 e. The Morgan fingerprint density at radius 2 is 1.94 bits per heavy atom. The van der Waals surface area contributed by atoms with Crippen LogP contribution in [0.1, 0.15) is 81.3 Å². The van der Waals surface area contributed by atoms with Crippen molar-refractivity contribution in [1.29, 1.82) is 0 Å². The zero-order valence-electron chi connectivity index (χ0n) is 20.6. The minimum atomic E-state index is -0.179. The van der Waals surface area contributed by atoms with E-state index >= 15 is 0 Å². The van der Waals surface area contributed by atoms with E-state index < -0.39 is 0 Å². The number of hydrogen-bond acceptors (Lipinski definition) is 7. The van der Waals surface area contributed by atoms with Crippen LogP contribution in [0.25, 0.3) is 0 Å². The molecule has 3 aliphatic heterocycles. The Morgan fingerprint density at radius 1 is 1.15 bits per heavy atom. The molecule has 0 bridgehead atoms. The van der Waals surface area contributed by atoms with Crippen LogP contribution in [0.3, 0.4) is 0 Å². The Balaban J connectivity index is 1.29. The summed E-state index contributed by atoms with van der Waals surface area (Å²) in [5.41, 5.74) is 2.23. The number of hydrogen-bond donors (Lipinski definition) is 2. The number of fused-ring (bicyclic) bond motifs is 1. The highest BCUT2D eigenvalue weighted by atomic mass is 16.3. The number of anilines is 2. The zero-order valence-corrected chi connectivity index (χ0v) is 20.6. The zero-order chi connectivity index (χ0) is 23.8. The Kier molecular flexibility index (Phi) is 6.57. The van der Waals surface area contributed by atoms with Gasteiger partial charge in [0.25, 0.3) is 0 Å². The molecular formula is C25H37N7O2. The summed E-state index contributed by atoms with van der Waals surface area (Å²) in [6.45, 7) is 11.9. The van der Waals surface area contributed by atoms with Crippen molar-refractivity contribution in [3.63, 3.8) is 0 Å². The maximum atomic E-state index is 11.9. The molecule has 2 atom stereocenters. The van der Waals surface area contributed by atoms with Gasteiger partial charge in [-0.1, -0.05) is 20.8 Å². The minimum Gasteiger partial charge on any atom is -0.392 e. The number of aliphatic hydroxyl groups excluding tert-OH is 1. The lowest BCUT2D eigenvalue weighted by Gasteiger charge is -2.35. The number of carbonyl (C=O) groups excluding carboxylic acids is 1. The second-order valence-electron chi connectivity index (χ2n) is 10.5. The molecule has 0 aromatic carbocycles. The molecular weight excluding hydrogens is 430 g/mol. The van der Waals surface area contributed by atoms with Crippen LogP contribution in [0.5, 0.6) is 0 Å². The fraction of sp³-hybridized carbons (Fsp3) is 0.680. The average molecular weight is 468 g/mol. The normalized spacial score (nSPS) is 24.0. The molecule has 9 heteroatoms. The fourth-order valence-corrected chi connectivity index (χ4v) is 5.60. The maximum absolute atomic E-state index is 11.9. The molecule has 2 aromatic heterocycles. The molecule has 5 heterocycles. The summed E-state index contributed by atoms with van der Waals surface area (Å²) < 4.78 is 2.37. The number of amides is 1. The highest BCUT2D eigenvalue weighted by molar-refractivity contribution is 5.94. The van der Waals surface area contributed by atoms with E-state index in [1.54, 1.807) is 6.33 Å². The van der Waals surface area contributed by atoms with Crippen molar-refractivity contribution in [3.05, 3.63) is 29.6 Å². The number of nitrogens with zero attached hydrogens (tertiary/aromatic N) is 6. The van der Waals surface area contributed by atoms with Gasteiger partial charge in [-0.05, 0) is 31.1 Å². The van der Waals surface area contributed by atoms with Gasteiger partial charge in [0.05, 0.1) is 11.8 Å². The molecule has 5 rings (SSSR count). The van der Waals surface area contributed by atoms with Crippen molar-refractivity contribution < 1.29 is 9.90 Å². The number of piperidine rings is 1. The molecule has 2 saturated heterocycles. The highest BCUT2D eigenvalue weighted by Gasteiger charge is 2.32. The van der Waals surface area contributed by atoms with E-state index in [2.05, 4.69) is 56.6 Å². The van der Waals surface area contributed by atoms with E-state index in [-0.39, 0.29) is 17.9 Å². The molecule has 0 aliphatic carbocycles. The van der Waals surface area contributed by atoms with Crippen LogP contribution in [0.4, 0.5) is 11.6 Å². The Bertz CT molecular complexity index is 1030. The number of rotatable bonds is 6. The second kappa shape index (κ2) is 9.62. The maximum Gasteiger partial charge on any atom is 0.226 e. The summed E-state index contributed by atoms with van der Waals surface area (Å²) in [5, 5.41) is 12.8. The number of nitrogens with one attached hydrogen (secondary N) is 1. The summed E-state index contributed by atoms with van der Waals surface area (Å²) in [4.78, 5) is 30.7. The first-order valence-electron chi connectivity index (χ1n) is 12.8. The summed E-state index contributed by atoms with van der Waals surface area (Å²) in [6.07, 6.45) is 7.03. The second-order valence-corrected chi connectivity index (χ2v) is 10.5. The molecule has 184 valence electrons. The molecule has 0 unspecified atom stereocenters. The molecule has 3 aliphatic rings. The van der Waals surface area contributed by atoms with Crippen LogP contribution in [0.15, 0.2) is 12.5 Å². The lowest BCUT2D eigenvalue weighted by molar-refractivity contribution is -0.116. The van der Waals surface area contributed by atoms with Crippen LogP contribution in [0, 0.1) is 0 Å². The van der Waals surface area contributed by atoms with Crippen molar-refractivity contribution in [2.75, 3.05) is 42.9 Å². The van der Waals surface area contributed by atoms with E-state index in [4.69, 9.17) is 4.98 Å². The molecule has 9 nitrogen and oxygen atoms in total. The van der Waals surface area contributed by atoms with Gasteiger partial charge >= 0.3 is 0 Å². The number of β-amino-alcohol motifs (C(OH)–C–C–N with tert-alkyl or cyclic N) is 1. The Labute approximate surface area is 201 Å². The van der Waals surface area contributed by atoms with Crippen molar-refractivity contribution in [3.8, 4) is 0 Å². The first-order valence-corrected chi connectivity index (χ1v) is 12.8. The molecule has 34 heavy (non-hydrogen) atoms. The topological polar surface area (TPSA) is 99.4 Å². The van der Waals surface area contributed by atoms with Crippen LogP contribution < -0.4 is 10.2 Å². The highest BCUT2D eigenvalue weighted by Crippen LogP contribution is 2.38.